The molecule has 1 aliphatic heterocycles. The normalized spacial score (nSPS) is 26.1. The lowest BCUT2D eigenvalue weighted by atomic mass is 9.90. The van der Waals surface area contributed by atoms with Crippen LogP contribution in [-0.4, -0.2) is 23.9 Å². The molecule has 1 fully saturated rings. The number of ether oxygens (including phenoxy) is 1. The van der Waals surface area contributed by atoms with Gasteiger partial charge in [0.25, 0.3) is 0 Å². The molecule has 0 bridgehead atoms. The van der Waals surface area contributed by atoms with Crippen LogP contribution in [0, 0.1) is 19.8 Å². The van der Waals surface area contributed by atoms with Crippen LogP contribution in [0.2, 0.25) is 0 Å². The second-order valence-corrected chi connectivity index (χ2v) is 5.22. The Morgan fingerprint density at radius 3 is 2.71 bits per heavy atom. The fourth-order valence-corrected chi connectivity index (χ4v) is 2.58. The van der Waals surface area contributed by atoms with Crippen LogP contribution in [-0.2, 0) is 11.2 Å². The molecule has 2 nitrogen and oxygen atoms in total. The minimum Gasteiger partial charge on any atom is -0.392 e. The van der Waals surface area contributed by atoms with Crippen LogP contribution in [0.1, 0.15) is 30.0 Å². The lowest BCUT2D eigenvalue weighted by molar-refractivity contribution is 0.0441. The van der Waals surface area contributed by atoms with Gasteiger partial charge in [-0.2, -0.15) is 0 Å². The fraction of sp³-hybridized carbons (Fsp3) is 0.600. The van der Waals surface area contributed by atoms with Crippen molar-refractivity contribution in [1.82, 2.24) is 0 Å². The molecule has 3 atom stereocenters. The molecule has 94 valence electrons. The van der Waals surface area contributed by atoms with E-state index in [1.54, 1.807) is 0 Å². The average Bonchev–Trinajstić information content (AvgIpc) is 2.70. The molecule has 0 radical (unpaired) electrons. The number of aryl methyl sites for hydroxylation is 2. The molecule has 1 aromatic carbocycles. The highest BCUT2D eigenvalue weighted by Gasteiger charge is 2.30. The number of hydrogen-bond donors (Lipinski definition) is 1. The van der Waals surface area contributed by atoms with Gasteiger partial charge in [0.05, 0.1) is 12.2 Å². The quantitative estimate of drug-likeness (QED) is 0.871. The summed E-state index contributed by atoms with van der Waals surface area (Å²) in [5.41, 5.74) is 3.82. The Balaban J connectivity index is 2.02. The van der Waals surface area contributed by atoms with Crippen LogP contribution in [0.25, 0.3) is 0 Å². The average molecular weight is 234 g/mol. The van der Waals surface area contributed by atoms with Crippen molar-refractivity contribution in [3.63, 3.8) is 0 Å². The highest BCUT2D eigenvalue weighted by atomic mass is 16.5. The summed E-state index contributed by atoms with van der Waals surface area (Å²) in [5.74, 6) is 0.289. The lowest BCUT2D eigenvalue weighted by Crippen LogP contribution is -2.28. The predicted octanol–water partition coefficient (Wildman–Crippen LogP) is 2.63. The predicted molar refractivity (Wildman–Crippen MR) is 69.1 cm³/mol. The van der Waals surface area contributed by atoms with Gasteiger partial charge in [-0.25, -0.2) is 0 Å². The van der Waals surface area contributed by atoms with E-state index in [2.05, 4.69) is 39.0 Å². The van der Waals surface area contributed by atoms with Crippen molar-refractivity contribution in [2.24, 2.45) is 5.92 Å². The van der Waals surface area contributed by atoms with Crippen LogP contribution in [0.4, 0.5) is 0 Å². The van der Waals surface area contributed by atoms with Crippen molar-refractivity contribution in [3.8, 4) is 0 Å². The van der Waals surface area contributed by atoms with Gasteiger partial charge in [-0.15, -0.1) is 0 Å². The molecule has 1 saturated heterocycles. The maximum Gasteiger partial charge on any atom is 0.0634 e. The Morgan fingerprint density at radius 2 is 2.12 bits per heavy atom. The van der Waals surface area contributed by atoms with E-state index in [1.165, 1.54) is 16.7 Å². The van der Waals surface area contributed by atoms with Gasteiger partial charge in [-0.1, -0.05) is 18.2 Å². The monoisotopic (exact) mass is 234 g/mol. The van der Waals surface area contributed by atoms with E-state index < -0.39 is 0 Å². The third-order valence-electron chi connectivity index (χ3n) is 3.95. The van der Waals surface area contributed by atoms with E-state index in [0.717, 1.165) is 19.4 Å². The van der Waals surface area contributed by atoms with Crippen LogP contribution in [0.3, 0.4) is 0 Å². The number of aliphatic hydroxyl groups is 1. The summed E-state index contributed by atoms with van der Waals surface area (Å²) in [5, 5.41) is 10.3. The lowest BCUT2D eigenvalue weighted by Gasteiger charge is -2.21. The highest BCUT2D eigenvalue weighted by molar-refractivity contribution is 5.30. The van der Waals surface area contributed by atoms with Gasteiger partial charge in [0.2, 0.25) is 0 Å². The zero-order valence-corrected chi connectivity index (χ0v) is 10.9. The third-order valence-corrected chi connectivity index (χ3v) is 3.95. The molecule has 17 heavy (non-hydrogen) atoms. The Hall–Kier alpha value is -0.860. The minimum absolute atomic E-state index is 0.191. The van der Waals surface area contributed by atoms with Gasteiger partial charge < -0.3 is 9.84 Å². The zero-order valence-electron chi connectivity index (χ0n) is 10.9. The number of hydrogen-bond acceptors (Lipinski definition) is 2. The van der Waals surface area contributed by atoms with Crippen molar-refractivity contribution in [2.45, 2.75) is 45.8 Å². The van der Waals surface area contributed by atoms with Crippen molar-refractivity contribution in [3.05, 3.63) is 34.9 Å². The maximum atomic E-state index is 10.3. The molecule has 0 saturated carbocycles. The van der Waals surface area contributed by atoms with E-state index in [0.29, 0.717) is 0 Å². The van der Waals surface area contributed by atoms with Crippen LogP contribution in [0.5, 0.6) is 0 Å². The van der Waals surface area contributed by atoms with E-state index in [9.17, 15) is 5.11 Å². The van der Waals surface area contributed by atoms with Crippen molar-refractivity contribution >= 4 is 0 Å². The molecule has 0 amide bonds. The second kappa shape index (κ2) is 5.19. The molecule has 1 aromatic rings. The summed E-state index contributed by atoms with van der Waals surface area (Å²) < 4.78 is 5.51. The van der Waals surface area contributed by atoms with E-state index in [1.807, 2.05) is 0 Å². The summed E-state index contributed by atoms with van der Waals surface area (Å²) >= 11 is 0. The summed E-state index contributed by atoms with van der Waals surface area (Å²) in [7, 11) is 0. The molecule has 3 unspecified atom stereocenters. The fourth-order valence-electron chi connectivity index (χ4n) is 2.58. The van der Waals surface area contributed by atoms with Crippen LogP contribution >= 0.6 is 0 Å². The van der Waals surface area contributed by atoms with E-state index in [-0.39, 0.29) is 18.1 Å². The van der Waals surface area contributed by atoms with Gasteiger partial charge in [0, 0.05) is 12.5 Å². The number of aliphatic hydroxyl groups excluding tert-OH is 1. The van der Waals surface area contributed by atoms with Crippen LogP contribution in [0.15, 0.2) is 18.2 Å². The Labute approximate surface area is 104 Å². The van der Waals surface area contributed by atoms with Gasteiger partial charge in [-0.05, 0) is 50.3 Å². The first kappa shape index (κ1) is 12.6. The SMILES string of the molecule is Cc1ccc(CC(O)C2CCOC2C)cc1C. The van der Waals surface area contributed by atoms with Crippen LogP contribution < -0.4 is 0 Å². The highest BCUT2D eigenvalue weighted by Crippen LogP contribution is 2.26. The Kier molecular flexibility index (Phi) is 3.85. The van der Waals surface area contributed by atoms with E-state index in [4.69, 9.17) is 4.74 Å². The summed E-state index contributed by atoms with van der Waals surface area (Å²) in [6.07, 6.45) is 1.62. The molecule has 2 rings (SSSR count). The number of benzene rings is 1. The van der Waals surface area contributed by atoms with Crippen molar-refractivity contribution in [2.75, 3.05) is 6.61 Å². The first-order chi connectivity index (χ1) is 8.08. The first-order valence-electron chi connectivity index (χ1n) is 6.43. The molecular weight excluding hydrogens is 212 g/mol. The molecule has 1 aliphatic rings. The van der Waals surface area contributed by atoms with Gasteiger partial charge in [-0.3, -0.25) is 0 Å². The summed E-state index contributed by atoms with van der Waals surface area (Å²) in [6, 6.07) is 6.43. The Morgan fingerprint density at radius 1 is 1.35 bits per heavy atom. The van der Waals surface area contributed by atoms with Gasteiger partial charge >= 0.3 is 0 Å². The molecule has 0 spiro atoms. The Bertz CT molecular complexity index is 387. The maximum absolute atomic E-state index is 10.3. The summed E-state index contributed by atoms with van der Waals surface area (Å²) in [6.45, 7) is 7.08. The number of rotatable bonds is 3. The molecular formula is C15H22O2. The van der Waals surface area contributed by atoms with Gasteiger partial charge in [0.1, 0.15) is 0 Å². The van der Waals surface area contributed by atoms with E-state index >= 15 is 0 Å². The molecule has 2 heteroatoms. The summed E-state index contributed by atoms with van der Waals surface area (Å²) in [4.78, 5) is 0. The first-order valence-corrected chi connectivity index (χ1v) is 6.43. The third kappa shape index (κ3) is 2.88. The molecule has 1 N–H and O–H groups in total. The smallest absolute Gasteiger partial charge is 0.0634 e. The topological polar surface area (TPSA) is 29.5 Å². The minimum atomic E-state index is -0.283. The zero-order chi connectivity index (χ0) is 12.4. The molecule has 1 heterocycles. The van der Waals surface area contributed by atoms with Crippen molar-refractivity contribution < 1.29 is 9.84 Å². The van der Waals surface area contributed by atoms with Crippen molar-refractivity contribution in [1.29, 1.82) is 0 Å². The van der Waals surface area contributed by atoms with Gasteiger partial charge in [0.15, 0.2) is 0 Å². The standard InChI is InChI=1S/C15H22O2/c1-10-4-5-13(8-11(10)2)9-15(16)14-6-7-17-12(14)3/h4-5,8,12,14-16H,6-7,9H2,1-3H3. The molecule has 0 aromatic heterocycles. The largest absolute Gasteiger partial charge is 0.392 e. The molecule has 0 aliphatic carbocycles. The second-order valence-electron chi connectivity index (χ2n) is 5.22.